The van der Waals surface area contributed by atoms with Crippen LogP contribution >= 0.6 is 7.82 Å². The van der Waals surface area contributed by atoms with E-state index < -0.39 is 61.4 Å². The molecule has 12 nitrogen and oxygen atoms in total. The van der Waals surface area contributed by atoms with Crippen LogP contribution in [0.25, 0.3) is 0 Å². The Hall–Kier alpha value is -1.82. The van der Waals surface area contributed by atoms with Crippen LogP contribution < -0.4 is 11.2 Å². The lowest BCUT2D eigenvalue weighted by Gasteiger charge is -2.36. The largest absolute Gasteiger partial charge is 0.475 e. The molecule has 0 aromatic carbocycles. The standard InChI is InChI=1S/C19H29N2O10P/c1-11(2)29-16(24)12(9-22)6-8-27-32(26)28-10-13-15(31-32)19(3,4)17(30-13)21-7-5-14(23)20-18(21)25/h5,7,11-13,15,17,22H,6,8-10H2,1-4H3,(H,20,23,25)/t12?,13-,15-,17-,32-/m1/s1. The number of nitrogens with zero attached hydrogens (tertiary/aromatic N) is 1. The van der Waals surface area contributed by atoms with Crippen LogP contribution in [0.15, 0.2) is 21.9 Å². The SMILES string of the molecule is CC(C)OC(=O)C(CO)CCO[P@]1(=O)OC[C@H]2O[C@@H](n3ccc(=O)[nH]c3=O)C(C)(C)[C@@H]2O1. The number of esters is 1. The fraction of sp³-hybridized carbons (Fsp3) is 0.737. The van der Waals surface area contributed by atoms with E-state index in [9.17, 15) is 24.1 Å². The maximum atomic E-state index is 13.0. The first-order valence-corrected chi connectivity index (χ1v) is 11.8. The Morgan fingerprint density at radius 2 is 2.12 bits per heavy atom. The van der Waals surface area contributed by atoms with Crippen molar-refractivity contribution in [2.24, 2.45) is 11.3 Å². The molecule has 13 heteroatoms. The van der Waals surface area contributed by atoms with Crippen molar-refractivity contribution in [1.29, 1.82) is 0 Å². The number of H-pyrrole nitrogens is 1. The van der Waals surface area contributed by atoms with Crippen LogP contribution in [0.5, 0.6) is 0 Å². The van der Waals surface area contributed by atoms with E-state index in [4.69, 9.17) is 23.0 Å². The summed E-state index contributed by atoms with van der Waals surface area (Å²) in [5, 5.41) is 9.42. The van der Waals surface area contributed by atoms with Crippen LogP contribution in [0, 0.1) is 11.3 Å². The minimum atomic E-state index is -3.98. The molecular formula is C19H29N2O10P. The van der Waals surface area contributed by atoms with Crippen molar-refractivity contribution < 1.29 is 37.5 Å². The van der Waals surface area contributed by atoms with E-state index in [0.29, 0.717) is 0 Å². The van der Waals surface area contributed by atoms with Crippen LogP contribution in [0.2, 0.25) is 0 Å². The first kappa shape index (κ1) is 24.8. The molecule has 3 heterocycles. The van der Waals surface area contributed by atoms with Crippen LogP contribution in [-0.4, -0.2) is 58.8 Å². The quantitative estimate of drug-likeness (QED) is 0.409. The number of carbonyl (C=O) groups excluding carboxylic acids is 1. The van der Waals surface area contributed by atoms with E-state index in [2.05, 4.69) is 4.98 Å². The van der Waals surface area contributed by atoms with E-state index in [0.717, 1.165) is 0 Å². The van der Waals surface area contributed by atoms with Crippen molar-refractivity contribution in [3.05, 3.63) is 33.1 Å². The highest BCUT2D eigenvalue weighted by Crippen LogP contribution is 2.60. The van der Waals surface area contributed by atoms with E-state index in [1.54, 1.807) is 27.7 Å². The van der Waals surface area contributed by atoms with Gasteiger partial charge in [-0.05, 0) is 20.3 Å². The predicted molar refractivity (Wildman–Crippen MR) is 110 cm³/mol. The highest BCUT2D eigenvalue weighted by molar-refractivity contribution is 7.48. The maximum Gasteiger partial charge on any atom is 0.475 e. The van der Waals surface area contributed by atoms with E-state index >= 15 is 0 Å². The average molecular weight is 476 g/mol. The Kier molecular flexibility index (Phi) is 7.43. The molecule has 2 aliphatic heterocycles. The van der Waals surface area contributed by atoms with Crippen molar-refractivity contribution in [3.63, 3.8) is 0 Å². The van der Waals surface area contributed by atoms with Crippen LogP contribution in [0.4, 0.5) is 0 Å². The Labute approximate surface area is 184 Å². The number of ether oxygens (including phenoxy) is 2. The molecule has 2 fully saturated rings. The van der Waals surface area contributed by atoms with Crippen molar-refractivity contribution >= 4 is 13.8 Å². The summed E-state index contributed by atoms with van der Waals surface area (Å²) >= 11 is 0. The smallest absolute Gasteiger partial charge is 0.463 e. The number of aliphatic hydroxyl groups excluding tert-OH is 1. The minimum absolute atomic E-state index is 0.0577. The molecule has 0 bridgehead atoms. The van der Waals surface area contributed by atoms with Gasteiger partial charge < -0.3 is 14.6 Å². The van der Waals surface area contributed by atoms with E-state index in [1.807, 2.05) is 0 Å². The molecule has 32 heavy (non-hydrogen) atoms. The number of aromatic amines is 1. The summed E-state index contributed by atoms with van der Waals surface area (Å²) in [4.78, 5) is 37.7. The zero-order valence-corrected chi connectivity index (χ0v) is 19.3. The molecule has 0 aliphatic carbocycles. The Morgan fingerprint density at radius 1 is 1.41 bits per heavy atom. The van der Waals surface area contributed by atoms with Crippen molar-refractivity contribution in [3.8, 4) is 0 Å². The molecule has 0 amide bonds. The number of hydrogen-bond acceptors (Lipinski definition) is 10. The molecule has 2 saturated heterocycles. The first-order valence-electron chi connectivity index (χ1n) is 10.3. The number of nitrogens with one attached hydrogen (secondary N) is 1. The van der Waals surface area contributed by atoms with Gasteiger partial charge in [-0.2, -0.15) is 0 Å². The molecule has 1 aromatic rings. The zero-order chi connectivity index (χ0) is 23.7. The number of hydrogen-bond donors (Lipinski definition) is 2. The number of aromatic nitrogens is 2. The van der Waals surface area contributed by atoms with Crippen molar-refractivity contribution in [2.45, 2.75) is 58.7 Å². The Balaban J connectivity index is 1.66. The third-order valence-corrected chi connectivity index (χ3v) is 6.83. The van der Waals surface area contributed by atoms with E-state index in [-0.39, 0.29) is 25.7 Å². The highest BCUT2D eigenvalue weighted by Gasteiger charge is 2.58. The van der Waals surface area contributed by atoms with Crippen LogP contribution in [-0.2, 0) is 32.4 Å². The molecule has 1 aromatic heterocycles. The number of phosphoric ester groups is 1. The second-order valence-corrected chi connectivity index (χ2v) is 10.2. The van der Waals surface area contributed by atoms with Gasteiger partial charge in [-0.1, -0.05) is 13.8 Å². The molecule has 180 valence electrons. The molecule has 5 atom stereocenters. The lowest BCUT2D eigenvalue weighted by molar-refractivity contribution is -0.154. The number of fused-ring (bicyclic) bond motifs is 1. The molecule has 2 aliphatic rings. The molecule has 3 rings (SSSR count). The minimum Gasteiger partial charge on any atom is -0.463 e. The Morgan fingerprint density at radius 3 is 2.75 bits per heavy atom. The van der Waals surface area contributed by atoms with Gasteiger partial charge in [0.15, 0.2) is 0 Å². The molecule has 0 radical (unpaired) electrons. The normalized spacial score (nSPS) is 30.1. The van der Waals surface area contributed by atoms with Crippen molar-refractivity contribution in [2.75, 3.05) is 19.8 Å². The third kappa shape index (κ3) is 5.22. The summed E-state index contributed by atoms with van der Waals surface area (Å²) in [6, 6.07) is 1.20. The monoisotopic (exact) mass is 476 g/mol. The van der Waals surface area contributed by atoms with Gasteiger partial charge in [0.25, 0.3) is 5.56 Å². The summed E-state index contributed by atoms with van der Waals surface area (Å²) in [6.07, 6.45) is -1.10. The van der Waals surface area contributed by atoms with Gasteiger partial charge in [-0.25, -0.2) is 9.36 Å². The van der Waals surface area contributed by atoms with Gasteiger partial charge in [0.1, 0.15) is 18.4 Å². The molecule has 2 N–H and O–H groups in total. The predicted octanol–water partition coefficient (Wildman–Crippen LogP) is 0.950. The van der Waals surface area contributed by atoms with Gasteiger partial charge in [-0.3, -0.25) is 32.7 Å². The van der Waals surface area contributed by atoms with E-state index in [1.165, 1.54) is 16.8 Å². The lowest BCUT2D eigenvalue weighted by atomic mass is 9.84. The van der Waals surface area contributed by atoms with Crippen molar-refractivity contribution in [1.82, 2.24) is 9.55 Å². The number of aliphatic hydroxyl groups is 1. The van der Waals surface area contributed by atoms with Gasteiger partial charge >= 0.3 is 19.5 Å². The maximum absolute atomic E-state index is 13.0. The lowest BCUT2D eigenvalue weighted by Crippen LogP contribution is -2.42. The molecule has 0 saturated carbocycles. The summed E-state index contributed by atoms with van der Waals surface area (Å²) in [5.74, 6) is -1.40. The fourth-order valence-electron chi connectivity index (χ4n) is 3.72. The summed E-state index contributed by atoms with van der Waals surface area (Å²) in [6.45, 7) is 6.23. The molecule has 1 unspecified atom stereocenters. The average Bonchev–Trinajstić information content (AvgIpc) is 2.95. The molecular weight excluding hydrogens is 447 g/mol. The third-order valence-electron chi connectivity index (χ3n) is 5.38. The van der Waals surface area contributed by atoms with Crippen LogP contribution in [0.3, 0.4) is 0 Å². The van der Waals surface area contributed by atoms with Gasteiger partial charge in [0.05, 0.1) is 31.8 Å². The highest BCUT2D eigenvalue weighted by atomic mass is 31.2. The number of phosphoric acid groups is 1. The first-order chi connectivity index (χ1) is 15.0. The van der Waals surface area contributed by atoms with Gasteiger partial charge in [0, 0.05) is 17.7 Å². The summed E-state index contributed by atoms with van der Waals surface area (Å²) in [5.41, 5.74) is -2.00. The van der Waals surface area contributed by atoms with Crippen LogP contribution in [0.1, 0.15) is 40.3 Å². The van der Waals surface area contributed by atoms with Gasteiger partial charge in [0.2, 0.25) is 0 Å². The Bertz CT molecular complexity index is 987. The second-order valence-electron chi connectivity index (χ2n) is 8.62. The fourth-order valence-corrected chi connectivity index (χ4v) is 5.26. The topological polar surface area (TPSA) is 155 Å². The second kappa shape index (κ2) is 9.58. The zero-order valence-electron chi connectivity index (χ0n) is 18.4. The number of rotatable bonds is 8. The number of carbonyl (C=O) groups is 1. The summed E-state index contributed by atoms with van der Waals surface area (Å²) < 4.78 is 41.6. The molecule has 0 spiro atoms. The van der Waals surface area contributed by atoms with Gasteiger partial charge in [-0.15, -0.1) is 0 Å². The summed E-state index contributed by atoms with van der Waals surface area (Å²) in [7, 11) is -3.98.